The fourth-order valence-corrected chi connectivity index (χ4v) is 2.98. The van der Waals surface area contributed by atoms with Gasteiger partial charge in [-0.2, -0.15) is 0 Å². The third-order valence-corrected chi connectivity index (χ3v) is 4.12. The van der Waals surface area contributed by atoms with Crippen molar-refractivity contribution < 1.29 is 9.90 Å². The standard InChI is InChI=1S/C17H23NO2/c1-5-7-8-18-12(4)13(6-2)15-9-11(3)14(17(19)20)10-16(15)18/h9-10H,5-8H2,1-4H3,(H,19,20). The van der Waals surface area contributed by atoms with Crippen LogP contribution in [0.5, 0.6) is 0 Å². The fourth-order valence-electron chi connectivity index (χ4n) is 2.98. The van der Waals surface area contributed by atoms with Gasteiger partial charge in [0, 0.05) is 23.1 Å². The SMILES string of the molecule is CCCCn1c(C)c(CC)c2cc(C)c(C(=O)O)cc21. The number of unbranched alkanes of at least 4 members (excludes halogenated alkanes) is 1. The zero-order chi connectivity index (χ0) is 14.9. The van der Waals surface area contributed by atoms with Gasteiger partial charge in [0.05, 0.1) is 5.56 Å². The molecular weight excluding hydrogens is 250 g/mol. The molecule has 0 bridgehead atoms. The van der Waals surface area contributed by atoms with E-state index in [-0.39, 0.29) is 0 Å². The second kappa shape index (κ2) is 5.70. The largest absolute Gasteiger partial charge is 0.478 e. The summed E-state index contributed by atoms with van der Waals surface area (Å²) < 4.78 is 2.28. The summed E-state index contributed by atoms with van der Waals surface area (Å²) in [4.78, 5) is 11.3. The minimum atomic E-state index is -0.844. The summed E-state index contributed by atoms with van der Waals surface area (Å²) in [6.07, 6.45) is 3.23. The molecule has 1 N–H and O–H groups in total. The highest BCUT2D eigenvalue weighted by Crippen LogP contribution is 2.29. The van der Waals surface area contributed by atoms with Crippen molar-refractivity contribution in [3.63, 3.8) is 0 Å². The van der Waals surface area contributed by atoms with Crippen molar-refractivity contribution >= 4 is 16.9 Å². The number of hydrogen-bond acceptors (Lipinski definition) is 1. The summed E-state index contributed by atoms with van der Waals surface area (Å²) in [5.41, 5.74) is 4.94. The summed E-state index contributed by atoms with van der Waals surface area (Å²) >= 11 is 0. The molecule has 108 valence electrons. The molecule has 1 aromatic heterocycles. The maximum absolute atomic E-state index is 11.3. The fraction of sp³-hybridized carbons (Fsp3) is 0.471. The van der Waals surface area contributed by atoms with E-state index in [1.54, 1.807) is 0 Å². The maximum Gasteiger partial charge on any atom is 0.336 e. The number of rotatable bonds is 5. The molecule has 0 amide bonds. The lowest BCUT2D eigenvalue weighted by molar-refractivity contribution is 0.0696. The molecule has 0 unspecified atom stereocenters. The molecule has 0 spiro atoms. The first kappa shape index (κ1) is 14.6. The number of benzene rings is 1. The van der Waals surface area contributed by atoms with E-state index < -0.39 is 5.97 Å². The molecule has 1 heterocycles. The van der Waals surface area contributed by atoms with E-state index in [0.29, 0.717) is 5.56 Å². The van der Waals surface area contributed by atoms with Crippen molar-refractivity contribution in [2.24, 2.45) is 0 Å². The predicted molar refractivity (Wildman–Crippen MR) is 82.7 cm³/mol. The smallest absolute Gasteiger partial charge is 0.336 e. The molecule has 2 rings (SSSR count). The highest BCUT2D eigenvalue weighted by molar-refractivity contribution is 5.96. The number of carboxylic acids is 1. The number of aryl methyl sites for hydroxylation is 3. The molecule has 0 fully saturated rings. The van der Waals surface area contributed by atoms with Gasteiger partial charge in [-0.1, -0.05) is 20.3 Å². The van der Waals surface area contributed by atoms with Gasteiger partial charge < -0.3 is 9.67 Å². The Hall–Kier alpha value is -1.77. The van der Waals surface area contributed by atoms with Crippen LogP contribution in [0.25, 0.3) is 10.9 Å². The Bertz CT molecular complexity index is 653. The molecule has 0 aliphatic carbocycles. The van der Waals surface area contributed by atoms with E-state index in [9.17, 15) is 9.90 Å². The summed E-state index contributed by atoms with van der Waals surface area (Å²) in [5, 5.41) is 10.5. The van der Waals surface area contributed by atoms with Crippen molar-refractivity contribution in [1.29, 1.82) is 0 Å². The Morgan fingerprint density at radius 3 is 2.50 bits per heavy atom. The van der Waals surface area contributed by atoms with Crippen molar-refractivity contribution in [2.45, 2.75) is 53.5 Å². The monoisotopic (exact) mass is 273 g/mol. The molecule has 0 radical (unpaired) electrons. The zero-order valence-electron chi connectivity index (χ0n) is 12.8. The Labute approximate surface area is 120 Å². The van der Waals surface area contributed by atoms with Crippen LogP contribution in [0.15, 0.2) is 12.1 Å². The highest BCUT2D eigenvalue weighted by atomic mass is 16.4. The van der Waals surface area contributed by atoms with Crippen LogP contribution in [0.4, 0.5) is 0 Å². The van der Waals surface area contributed by atoms with Gasteiger partial charge in [0.25, 0.3) is 0 Å². The second-order valence-electron chi connectivity index (χ2n) is 5.41. The van der Waals surface area contributed by atoms with E-state index in [2.05, 4.69) is 25.3 Å². The van der Waals surface area contributed by atoms with Crippen LogP contribution >= 0.6 is 0 Å². The van der Waals surface area contributed by atoms with E-state index in [1.165, 1.54) is 16.6 Å². The predicted octanol–water partition coefficient (Wildman–Crippen LogP) is 4.32. The lowest BCUT2D eigenvalue weighted by Gasteiger charge is -2.08. The third kappa shape index (κ3) is 2.33. The molecule has 3 heteroatoms. The molecule has 20 heavy (non-hydrogen) atoms. The molecule has 0 aliphatic heterocycles. The Balaban J connectivity index is 2.73. The highest BCUT2D eigenvalue weighted by Gasteiger charge is 2.16. The molecule has 0 saturated heterocycles. The lowest BCUT2D eigenvalue weighted by Crippen LogP contribution is -2.03. The molecule has 0 saturated carbocycles. The van der Waals surface area contributed by atoms with Crippen molar-refractivity contribution in [2.75, 3.05) is 0 Å². The van der Waals surface area contributed by atoms with Gasteiger partial charge in [-0.05, 0) is 49.9 Å². The van der Waals surface area contributed by atoms with Crippen LogP contribution < -0.4 is 0 Å². The Morgan fingerprint density at radius 2 is 1.95 bits per heavy atom. The number of nitrogens with zero attached hydrogens (tertiary/aromatic N) is 1. The first-order chi connectivity index (χ1) is 9.51. The van der Waals surface area contributed by atoms with E-state index >= 15 is 0 Å². The van der Waals surface area contributed by atoms with Crippen molar-refractivity contribution in [1.82, 2.24) is 4.57 Å². The van der Waals surface area contributed by atoms with Crippen LogP contribution in [0.2, 0.25) is 0 Å². The number of fused-ring (bicyclic) bond motifs is 1. The number of aromatic nitrogens is 1. The number of hydrogen-bond donors (Lipinski definition) is 1. The van der Waals surface area contributed by atoms with E-state index in [4.69, 9.17) is 0 Å². The number of carboxylic acid groups (broad SMARTS) is 1. The maximum atomic E-state index is 11.3. The summed E-state index contributed by atoms with van der Waals surface area (Å²) in [5.74, 6) is -0.844. The lowest BCUT2D eigenvalue weighted by atomic mass is 10.0. The number of carbonyl (C=O) groups is 1. The molecule has 3 nitrogen and oxygen atoms in total. The summed E-state index contributed by atoms with van der Waals surface area (Å²) in [7, 11) is 0. The van der Waals surface area contributed by atoms with E-state index in [1.807, 2.05) is 19.1 Å². The van der Waals surface area contributed by atoms with Gasteiger partial charge >= 0.3 is 5.97 Å². The molecule has 0 atom stereocenters. The van der Waals surface area contributed by atoms with Crippen LogP contribution in [0, 0.1) is 13.8 Å². The van der Waals surface area contributed by atoms with Gasteiger partial charge in [-0.3, -0.25) is 0 Å². The molecule has 1 aromatic carbocycles. The van der Waals surface area contributed by atoms with Crippen LogP contribution in [0.3, 0.4) is 0 Å². The topological polar surface area (TPSA) is 42.2 Å². The van der Waals surface area contributed by atoms with Crippen LogP contribution in [-0.4, -0.2) is 15.6 Å². The molecular formula is C17H23NO2. The zero-order valence-corrected chi connectivity index (χ0v) is 12.8. The van der Waals surface area contributed by atoms with E-state index in [0.717, 1.165) is 36.9 Å². The first-order valence-corrected chi connectivity index (χ1v) is 7.36. The molecule has 2 aromatic rings. The van der Waals surface area contributed by atoms with Gasteiger partial charge in [0.1, 0.15) is 0 Å². The summed E-state index contributed by atoms with van der Waals surface area (Å²) in [6, 6.07) is 3.88. The first-order valence-electron chi connectivity index (χ1n) is 7.36. The van der Waals surface area contributed by atoms with Gasteiger partial charge in [0.15, 0.2) is 0 Å². The van der Waals surface area contributed by atoms with Crippen LogP contribution in [0.1, 0.15) is 53.9 Å². The summed E-state index contributed by atoms with van der Waals surface area (Å²) in [6.45, 7) is 9.31. The molecule has 0 aliphatic rings. The van der Waals surface area contributed by atoms with Crippen LogP contribution in [-0.2, 0) is 13.0 Å². The normalized spacial score (nSPS) is 11.2. The minimum Gasteiger partial charge on any atom is -0.478 e. The average molecular weight is 273 g/mol. The quantitative estimate of drug-likeness (QED) is 0.881. The second-order valence-corrected chi connectivity index (χ2v) is 5.41. The Kier molecular flexibility index (Phi) is 4.17. The number of aromatic carboxylic acids is 1. The van der Waals surface area contributed by atoms with Gasteiger partial charge in [-0.25, -0.2) is 4.79 Å². The van der Waals surface area contributed by atoms with Gasteiger partial charge in [0.2, 0.25) is 0 Å². The minimum absolute atomic E-state index is 0.412. The van der Waals surface area contributed by atoms with Crippen molar-refractivity contribution in [3.8, 4) is 0 Å². The van der Waals surface area contributed by atoms with Gasteiger partial charge in [-0.15, -0.1) is 0 Å². The Morgan fingerprint density at radius 1 is 1.25 bits per heavy atom. The third-order valence-electron chi connectivity index (χ3n) is 4.12. The average Bonchev–Trinajstić information content (AvgIpc) is 2.66. The van der Waals surface area contributed by atoms with Crippen molar-refractivity contribution in [3.05, 3.63) is 34.5 Å².